The minimum absolute atomic E-state index is 0.0764. The lowest BCUT2D eigenvalue weighted by molar-refractivity contribution is -0.207. The molecule has 4 nitrogen and oxygen atoms in total. The highest BCUT2D eigenvalue weighted by Gasteiger charge is 2.78. The molecule has 0 aromatic rings. The van der Waals surface area contributed by atoms with E-state index >= 15 is 8.78 Å². The van der Waals surface area contributed by atoms with E-state index in [0.717, 1.165) is 18.9 Å². The Morgan fingerprint density at radius 1 is 1.25 bits per heavy atom. The Kier molecular flexibility index (Phi) is 6.90. The largest absolute Gasteiger partial charge is 0.489 e. The van der Waals surface area contributed by atoms with Crippen molar-refractivity contribution in [1.82, 2.24) is 0 Å². The van der Waals surface area contributed by atoms with Gasteiger partial charge in [-0.1, -0.05) is 39.7 Å². The summed E-state index contributed by atoms with van der Waals surface area (Å²) in [7, 11) is 1.43. The molecule has 3 saturated carbocycles. The van der Waals surface area contributed by atoms with Crippen LogP contribution in [0.2, 0.25) is 0 Å². The zero-order valence-corrected chi connectivity index (χ0v) is 22.5. The third-order valence-corrected chi connectivity index (χ3v) is 10.8. The highest BCUT2D eigenvalue weighted by atomic mass is 32.1. The van der Waals surface area contributed by atoms with Crippen LogP contribution in [0, 0.1) is 34.0 Å². The van der Waals surface area contributed by atoms with Crippen LogP contribution in [0.3, 0.4) is 0 Å². The first-order chi connectivity index (χ1) is 16.8. The topological polar surface area (TPSA) is 63.6 Å². The summed E-state index contributed by atoms with van der Waals surface area (Å²) in [5.74, 6) is -4.16. The minimum atomic E-state index is -2.42. The predicted molar refractivity (Wildman–Crippen MR) is 134 cm³/mol. The number of Topliss-reactive ketones (excluding diaryl/α,β-unsaturated/α-hetero) is 1. The summed E-state index contributed by atoms with van der Waals surface area (Å²) in [5.41, 5.74) is -6.97. The van der Waals surface area contributed by atoms with Crippen molar-refractivity contribution in [2.45, 2.75) is 90.6 Å². The number of rotatable bonds is 6. The van der Waals surface area contributed by atoms with Gasteiger partial charge in [0.15, 0.2) is 16.5 Å². The molecule has 0 radical (unpaired) electrons. The van der Waals surface area contributed by atoms with Gasteiger partial charge in [0.05, 0.1) is 13.2 Å². The van der Waals surface area contributed by atoms with E-state index in [-0.39, 0.29) is 36.0 Å². The number of aliphatic hydroxyl groups excluding tert-OH is 1. The van der Waals surface area contributed by atoms with Crippen LogP contribution in [0.1, 0.15) is 72.6 Å². The Morgan fingerprint density at radius 3 is 2.53 bits per heavy atom. The zero-order chi connectivity index (χ0) is 26.8. The molecule has 0 aliphatic heterocycles. The van der Waals surface area contributed by atoms with Crippen LogP contribution in [0.5, 0.6) is 0 Å². The van der Waals surface area contributed by atoms with Gasteiger partial charge >= 0.3 is 0 Å². The fourth-order valence-electron chi connectivity index (χ4n) is 8.69. The van der Waals surface area contributed by atoms with E-state index in [9.17, 15) is 19.1 Å². The van der Waals surface area contributed by atoms with Gasteiger partial charge < -0.3 is 9.84 Å². The average Bonchev–Trinajstić information content (AvgIpc) is 3.05. The molecule has 0 aromatic carbocycles. The molecule has 36 heavy (non-hydrogen) atoms. The van der Waals surface area contributed by atoms with Gasteiger partial charge in [-0.25, -0.2) is 13.2 Å². The lowest BCUT2D eigenvalue weighted by Gasteiger charge is -2.63. The van der Waals surface area contributed by atoms with Crippen molar-refractivity contribution >= 4 is 28.8 Å². The Hall–Kier alpha value is -1.54. The zero-order valence-electron chi connectivity index (χ0n) is 21.7. The summed E-state index contributed by atoms with van der Waals surface area (Å²) < 4.78 is 53.5. The summed E-state index contributed by atoms with van der Waals surface area (Å²) in [5, 5.41) is 11.7. The second kappa shape index (κ2) is 9.04. The van der Waals surface area contributed by atoms with Crippen LogP contribution in [0.4, 0.5) is 13.2 Å². The van der Waals surface area contributed by atoms with Crippen LogP contribution in [-0.2, 0) is 14.3 Å². The van der Waals surface area contributed by atoms with Crippen LogP contribution in [0.25, 0.3) is 0 Å². The summed E-state index contributed by atoms with van der Waals surface area (Å²) >= 11 is 5.68. The predicted octanol–water partition coefficient (Wildman–Crippen LogP) is 5.96. The van der Waals surface area contributed by atoms with Gasteiger partial charge in [0.2, 0.25) is 5.78 Å². The third kappa shape index (κ3) is 3.18. The molecule has 0 spiro atoms. The Morgan fingerprint density at radius 2 is 1.92 bits per heavy atom. The molecule has 9 atom stereocenters. The lowest BCUT2D eigenvalue weighted by Crippen LogP contribution is -2.70. The molecular formula is C28H37F3O4S. The Bertz CT molecular complexity index is 1040. The summed E-state index contributed by atoms with van der Waals surface area (Å²) in [6.45, 7) is 7.18. The maximum absolute atomic E-state index is 17.4. The molecule has 3 fully saturated rings. The first kappa shape index (κ1) is 27.5. The SMILES string of the molecule is CCCCCC(=O)[C@]1(C(=S)OC)[C@H](C)C[C@H]2[C@@H]3C[C@H](F)C4=C(F)C(=O)C=C[C@]4(C)[C@@]3(F)[C@@H](O)C[C@@]21C. The number of allylic oxidation sites excluding steroid dienone is 4. The van der Waals surface area contributed by atoms with Crippen LogP contribution in [0.15, 0.2) is 23.6 Å². The van der Waals surface area contributed by atoms with Gasteiger partial charge in [-0.3, -0.25) is 9.59 Å². The second-order valence-electron chi connectivity index (χ2n) is 11.8. The molecule has 0 saturated heterocycles. The summed E-state index contributed by atoms with van der Waals surface area (Å²) in [6, 6.07) is 0. The number of thiocarbonyl (C=S) groups is 1. The van der Waals surface area contributed by atoms with Crippen molar-refractivity contribution in [2.75, 3.05) is 7.11 Å². The average molecular weight is 527 g/mol. The van der Waals surface area contributed by atoms with Crippen molar-refractivity contribution in [3.8, 4) is 0 Å². The van der Waals surface area contributed by atoms with Gasteiger partial charge in [-0.2, -0.15) is 0 Å². The van der Waals surface area contributed by atoms with Crippen LogP contribution in [-0.4, -0.2) is 46.8 Å². The quantitative estimate of drug-likeness (QED) is 0.342. The minimum Gasteiger partial charge on any atom is -0.489 e. The highest BCUT2D eigenvalue weighted by Crippen LogP contribution is 2.74. The van der Waals surface area contributed by atoms with Crippen molar-refractivity contribution in [3.63, 3.8) is 0 Å². The monoisotopic (exact) mass is 526 g/mol. The molecule has 4 aliphatic carbocycles. The van der Waals surface area contributed by atoms with Gasteiger partial charge in [0.1, 0.15) is 17.4 Å². The van der Waals surface area contributed by atoms with Crippen LogP contribution < -0.4 is 0 Å². The van der Waals surface area contributed by atoms with E-state index in [1.54, 1.807) is 0 Å². The molecule has 200 valence electrons. The molecule has 0 bridgehead atoms. The molecule has 0 heterocycles. The van der Waals surface area contributed by atoms with Crippen molar-refractivity contribution < 1.29 is 32.6 Å². The maximum atomic E-state index is 17.4. The molecule has 8 heteroatoms. The van der Waals surface area contributed by atoms with Gasteiger partial charge in [-0.15, -0.1) is 0 Å². The first-order valence-electron chi connectivity index (χ1n) is 13.0. The van der Waals surface area contributed by atoms with E-state index < -0.39 is 63.2 Å². The number of alkyl halides is 2. The molecule has 4 rings (SSSR count). The Labute approximate surface area is 216 Å². The van der Waals surface area contributed by atoms with E-state index in [2.05, 4.69) is 0 Å². The number of ketones is 2. The van der Waals surface area contributed by atoms with E-state index in [1.807, 2.05) is 20.8 Å². The lowest BCUT2D eigenvalue weighted by atomic mass is 9.42. The number of aliphatic hydroxyl groups is 1. The number of carbonyl (C=O) groups is 2. The third-order valence-electron chi connectivity index (χ3n) is 10.3. The number of methoxy groups -OCH3 is 1. The fourth-order valence-corrected chi connectivity index (χ4v) is 9.24. The molecule has 1 N–H and O–H groups in total. The summed E-state index contributed by atoms with van der Waals surface area (Å²) in [6.07, 6.45) is 1.36. The van der Waals surface area contributed by atoms with E-state index in [1.165, 1.54) is 20.1 Å². The fraction of sp³-hybridized carbons (Fsp3) is 0.750. The smallest absolute Gasteiger partial charge is 0.213 e. The molecule has 0 aromatic heterocycles. The summed E-state index contributed by atoms with van der Waals surface area (Å²) in [4.78, 5) is 26.0. The number of hydrogen-bond acceptors (Lipinski definition) is 5. The maximum Gasteiger partial charge on any atom is 0.213 e. The van der Waals surface area contributed by atoms with Crippen LogP contribution >= 0.6 is 12.2 Å². The molecule has 4 aliphatic rings. The van der Waals surface area contributed by atoms with Crippen molar-refractivity contribution in [1.29, 1.82) is 0 Å². The number of fused-ring (bicyclic) bond motifs is 5. The normalized spacial score (nSPS) is 45.7. The standard InChI is InChI=1S/C28H37F3O4S/c1-6-7-8-9-20(33)27(24(36)35-5)15(2)12-16-17-13-18(29)22-23(30)19(32)10-11-25(22,3)28(17,31)21(34)14-26(16,27)4/h10-11,15-18,21,34H,6-9,12-14H2,1-5H3/t15-,16+,17+,18+,21+,25+,26+,27+,28+/m1/s1. The van der Waals surface area contributed by atoms with Gasteiger partial charge in [0.25, 0.3) is 0 Å². The first-order valence-corrected chi connectivity index (χ1v) is 13.5. The van der Waals surface area contributed by atoms with Crippen molar-refractivity contribution in [2.24, 2.45) is 34.0 Å². The number of unbranched alkanes of at least 4 members (excludes halogenated alkanes) is 2. The van der Waals surface area contributed by atoms with E-state index in [0.29, 0.717) is 12.8 Å². The number of hydrogen-bond donors (Lipinski definition) is 1. The number of carbonyl (C=O) groups excluding carboxylic acids is 2. The Balaban J connectivity index is 1.86. The number of halogens is 3. The molecule has 0 amide bonds. The molecular weight excluding hydrogens is 489 g/mol. The van der Waals surface area contributed by atoms with E-state index in [4.69, 9.17) is 17.0 Å². The van der Waals surface area contributed by atoms with Gasteiger partial charge in [0, 0.05) is 23.3 Å². The molecule has 0 unspecified atom stereocenters. The van der Waals surface area contributed by atoms with Crippen molar-refractivity contribution in [3.05, 3.63) is 23.6 Å². The highest BCUT2D eigenvalue weighted by molar-refractivity contribution is 7.80. The number of ether oxygens (including phenoxy) is 1. The second-order valence-corrected chi connectivity index (χ2v) is 12.1. The van der Waals surface area contributed by atoms with Gasteiger partial charge in [-0.05, 0) is 68.2 Å².